The van der Waals surface area contributed by atoms with E-state index in [9.17, 15) is 4.79 Å². The second kappa shape index (κ2) is 23.1. The van der Waals surface area contributed by atoms with E-state index in [0.717, 1.165) is 70.2 Å². The van der Waals surface area contributed by atoms with Crippen LogP contribution in [0, 0.1) is 12.3 Å². The number of imidazole rings is 1. The van der Waals surface area contributed by atoms with Crippen LogP contribution in [0.15, 0.2) is 6.20 Å². The van der Waals surface area contributed by atoms with E-state index in [0.29, 0.717) is 12.4 Å². The number of carbonyl (C=O) groups is 1. The molecule has 0 aliphatic heterocycles. The van der Waals surface area contributed by atoms with Gasteiger partial charge < -0.3 is 15.6 Å². The third-order valence-corrected chi connectivity index (χ3v) is 6.37. The third kappa shape index (κ3) is 17.8. The number of nitrogen functional groups attached to an aromatic ring is 1. The minimum absolute atomic E-state index is 0. The first-order valence-electron chi connectivity index (χ1n) is 13.7. The van der Waals surface area contributed by atoms with Crippen LogP contribution in [0.25, 0.3) is 0 Å². The molecule has 1 heterocycles. The average Bonchev–Trinajstić information content (AvgIpc) is 3.23. The van der Waals surface area contributed by atoms with Crippen molar-refractivity contribution in [2.45, 2.75) is 129 Å². The maximum atomic E-state index is 12.9. The number of H-pyrrole nitrogens is 1. The molecule has 0 spiro atoms. The Bertz CT molecular complexity index is 641. The van der Waals surface area contributed by atoms with Gasteiger partial charge in [0.1, 0.15) is 0 Å². The number of rotatable bonds is 22. The van der Waals surface area contributed by atoms with Gasteiger partial charge in [-0.25, -0.2) is 4.98 Å². The molecule has 0 aliphatic carbocycles. The Balaban J connectivity index is 0.0000109. The van der Waals surface area contributed by atoms with Crippen molar-refractivity contribution in [1.29, 1.82) is 0 Å². The number of unbranched alkanes of at least 4 members (excludes halogenated alkanes) is 14. The number of hydrogen-bond donors (Lipinski definition) is 2. The fourth-order valence-corrected chi connectivity index (χ4v) is 4.30. The lowest BCUT2D eigenvalue weighted by Gasteiger charge is -2.23. The number of amides is 1. The van der Waals surface area contributed by atoms with Crippen molar-refractivity contribution in [3.8, 4) is 12.3 Å². The number of carbonyl (C=O) groups excluding carboxylic acids is 1. The van der Waals surface area contributed by atoms with E-state index in [1.807, 2.05) is 0 Å². The highest BCUT2D eigenvalue weighted by Crippen LogP contribution is 2.13. The summed E-state index contributed by atoms with van der Waals surface area (Å²) in [4.78, 5) is 22.0. The lowest BCUT2D eigenvalue weighted by atomic mass is 10.1. The molecular weight excluding hydrogens is 444 g/mol. The monoisotopic (exact) mass is 494 g/mol. The fourth-order valence-electron chi connectivity index (χ4n) is 4.30. The summed E-state index contributed by atoms with van der Waals surface area (Å²) in [7, 11) is 0. The van der Waals surface area contributed by atoms with Gasteiger partial charge in [-0.15, -0.1) is 24.8 Å². The second-order valence-corrected chi connectivity index (χ2v) is 9.43. The molecule has 0 aliphatic rings. The Kier molecular flexibility index (Phi) is 22.0. The van der Waals surface area contributed by atoms with Crippen LogP contribution in [0.5, 0.6) is 0 Å². The highest BCUT2D eigenvalue weighted by Gasteiger charge is 2.13. The van der Waals surface area contributed by atoms with E-state index in [1.54, 1.807) is 6.20 Å². The van der Waals surface area contributed by atoms with Gasteiger partial charge in [0.25, 0.3) is 0 Å². The lowest BCUT2D eigenvalue weighted by Crippen LogP contribution is -2.33. The number of nitrogens with one attached hydrogen (secondary N) is 1. The van der Waals surface area contributed by atoms with E-state index in [4.69, 9.17) is 12.2 Å². The maximum absolute atomic E-state index is 12.9. The molecule has 6 heteroatoms. The predicted molar refractivity (Wildman–Crippen MR) is 148 cm³/mol. The Morgan fingerprint density at radius 1 is 0.912 bits per heavy atom. The summed E-state index contributed by atoms with van der Waals surface area (Å²) in [6.45, 7) is 4.05. The van der Waals surface area contributed by atoms with E-state index < -0.39 is 0 Å². The van der Waals surface area contributed by atoms with Gasteiger partial charge in [0, 0.05) is 31.6 Å². The van der Waals surface area contributed by atoms with Gasteiger partial charge in [0.05, 0.1) is 6.20 Å². The van der Waals surface area contributed by atoms with Gasteiger partial charge >= 0.3 is 0 Å². The first kappa shape index (κ1) is 32.3. The van der Waals surface area contributed by atoms with Crippen LogP contribution < -0.4 is 5.73 Å². The predicted octanol–water partition coefficient (Wildman–Crippen LogP) is 7.46. The number of anilines is 1. The standard InChI is InChI=1S/C28H50N4O.ClH/c1-3-5-7-9-11-12-13-14-15-17-19-24-32(23-18-16-10-8-6-4-2)27(33)22-20-21-26-25-30-28(29)31-26;/h2,25H,3,5-24H2,1H3,(H3,29,30,31);1H. The Morgan fingerprint density at radius 3 is 1.94 bits per heavy atom. The molecule has 5 nitrogen and oxygen atoms in total. The molecule has 0 unspecified atom stereocenters. The van der Waals surface area contributed by atoms with Crippen LogP contribution in [-0.4, -0.2) is 33.9 Å². The normalized spacial score (nSPS) is 10.6. The molecule has 34 heavy (non-hydrogen) atoms. The molecule has 1 aromatic heterocycles. The van der Waals surface area contributed by atoms with E-state index in [1.165, 1.54) is 64.2 Å². The SMILES string of the molecule is C#CCCCCCCN(CCCCCCCCCCCCC)C(=O)CCCc1cnc(N)[nH]1.Cl. The number of aromatic amines is 1. The number of halogens is 1. The van der Waals surface area contributed by atoms with Crippen molar-refractivity contribution in [2.75, 3.05) is 18.8 Å². The molecule has 0 saturated carbocycles. The van der Waals surface area contributed by atoms with Crippen molar-refractivity contribution in [2.24, 2.45) is 0 Å². The summed E-state index contributed by atoms with van der Waals surface area (Å²) in [5, 5.41) is 0. The van der Waals surface area contributed by atoms with Crippen LogP contribution in [0.1, 0.15) is 128 Å². The van der Waals surface area contributed by atoms with Gasteiger partial charge in [-0.05, 0) is 32.1 Å². The summed E-state index contributed by atoms with van der Waals surface area (Å²) in [5.74, 6) is 3.44. The topological polar surface area (TPSA) is 75.0 Å². The van der Waals surface area contributed by atoms with Gasteiger partial charge in [0.15, 0.2) is 5.95 Å². The van der Waals surface area contributed by atoms with Crippen molar-refractivity contribution in [3.63, 3.8) is 0 Å². The van der Waals surface area contributed by atoms with Gasteiger partial charge in [0.2, 0.25) is 5.91 Å². The first-order valence-corrected chi connectivity index (χ1v) is 13.7. The van der Waals surface area contributed by atoms with Crippen molar-refractivity contribution >= 4 is 24.3 Å². The van der Waals surface area contributed by atoms with Crippen LogP contribution >= 0.6 is 12.4 Å². The van der Waals surface area contributed by atoms with E-state index in [2.05, 4.69) is 27.7 Å². The molecule has 0 bridgehead atoms. The highest BCUT2D eigenvalue weighted by atomic mass is 35.5. The maximum Gasteiger partial charge on any atom is 0.222 e. The van der Waals surface area contributed by atoms with Gasteiger partial charge in [-0.1, -0.05) is 84.0 Å². The summed E-state index contributed by atoms with van der Waals surface area (Å²) in [6, 6.07) is 0. The zero-order valence-electron chi connectivity index (χ0n) is 21.8. The number of aromatic nitrogens is 2. The molecule has 0 atom stereocenters. The number of nitrogens with two attached hydrogens (primary N) is 1. The minimum atomic E-state index is 0. The van der Waals surface area contributed by atoms with Gasteiger partial charge in [-0.2, -0.15) is 0 Å². The van der Waals surface area contributed by atoms with Crippen LogP contribution in [0.3, 0.4) is 0 Å². The van der Waals surface area contributed by atoms with Crippen LogP contribution in [0.4, 0.5) is 5.95 Å². The Morgan fingerprint density at radius 2 is 1.44 bits per heavy atom. The largest absolute Gasteiger partial charge is 0.369 e. The zero-order chi connectivity index (χ0) is 24.0. The van der Waals surface area contributed by atoms with Crippen molar-refractivity contribution in [1.82, 2.24) is 14.9 Å². The summed E-state index contributed by atoms with van der Waals surface area (Å²) < 4.78 is 0. The molecule has 0 fully saturated rings. The smallest absolute Gasteiger partial charge is 0.222 e. The first-order chi connectivity index (χ1) is 16.2. The molecule has 3 N–H and O–H groups in total. The fraction of sp³-hybridized carbons (Fsp3) is 0.786. The second-order valence-electron chi connectivity index (χ2n) is 9.43. The van der Waals surface area contributed by atoms with E-state index >= 15 is 0 Å². The number of hydrogen-bond acceptors (Lipinski definition) is 3. The molecular formula is C28H51ClN4O. The quantitative estimate of drug-likeness (QED) is 0.130. The van der Waals surface area contributed by atoms with Crippen molar-refractivity contribution < 1.29 is 4.79 Å². The highest BCUT2D eigenvalue weighted by molar-refractivity contribution is 5.85. The molecule has 0 saturated heterocycles. The van der Waals surface area contributed by atoms with Crippen LogP contribution in [-0.2, 0) is 11.2 Å². The number of terminal acetylenes is 1. The summed E-state index contributed by atoms with van der Waals surface area (Å²) in [6.07, 6.45) is 29.3. The Labute approximate surface area is 215 Å². The number of aryl methyl sites for hydroxylation is 1. The molecule has 1 amide bonds. The Hall–Kier alpha value is -1.67. The van der Waals surface area contributed by atoms with Gasteiger partial charge in [-0.3, -0.25) is 4.79 Å². The van der Waals surface area contributed by atoms with E-state index in [-0.39, 0.29) is 18.3 Å². The third-order valence-electron chi connectivity index (χ3n) is 6.37. The van der Waals surface area contributed by atoms with Crippen LogP contribution in [0.2, 0.25) is 0 Å². The molecule has 1 rings (SSSR count). The number of nitrogens with zero attached hydrogens (tertiary/aromatic N) is 2. The molecule has 0 radical (unpaired) electrons. The average molecular weight is 495 g/mol. The zero-order valence-corrected chi connectivity index (χ0v) is 22.6. The molecule has 196 valence electrons. The van der Waals surface area contributed by atoms with Crippen molar-refractivity contribution in [3.05, 3.63) is 11.9 Å². The minimum Gasteiger partial charge on any atom is -0.369 e. The summed E-state index contributed by atoms with van der Waals surface area (Å²) >= 11 is 0. The summed E-state index contributed by atoms with van der Waals surface area (Å²) in [5.41, 5.74) is 6.64. The lowest BCUT2D eigenvalue weighted by molar-refractivity contribution is -0.131. The molecule has 1 aromatic rings. The molecule has 0 aromatic carbocycles.